The smallest absolute Gasteiger partial charge is 0.294 e. The zero-order valence-corrected chi connectivity index (χ0v) is 18.9. The van der Waals surface area contributed by atoms with Crippen LogP contribution in [0.4, 0.5) is 14.7 Å². The van der Waals surface area contributed by atoms with Crippen LogP contribution in [0.25, 0.3) is 11.2 Å². The summed E-state index contributed by atoms with van der Waals surface area (Å²) < 4.78 is 30.9. The molecule has 174 valence electrons. The van der Waals surface area contributed by atoms with Gasteiger partial charge >= 0.3 is 5.69 Å². The van der Waals surface area contributed by atoms with E-state index in [-0.39, 0.29) is 29.6 Å². The highest BCUT2D eigenvalue weighted by molar-refractivity contribution is 5.91. The second kappa shape index (κ2) is 8.05. The maximum Gasteiger partial charge on any atom is 0.332 e. The lowest BCUT2D eigenvalue weighted by atomic mass is 10.2. The summed E-state index contributed by atoms with van der Waals surface area (Å²) in [4.78, 5) is 31.3. The molecule has 0 saturated heterocycles. The van der Waals surface area contributed by atoms with Gasteiger partial charge in [-0.3, -0.25) is 18.5 Å². The number of hydrazone groups is 1. The molecule has 34 heavy (non-hydrogen) atoms. The molecule has 1 aliphatic heterocycles. The highest BCUT2D eigenvalue weighted by Gasteiger charge is 2.30. The topological polar surface area (TPSA) is 77.4 Å². The van der Waals surface area contributed by atoms with Gasteiger partial charge in [0.15, 0.2) is 11.2 Å². The van der Waals surface area contributed by atoms with Crippen molar-refractivity contribution in [3.05, 3.63) is 92.1 Å². The highest BCUT2D eigenvalue weighted by atomic mass is 19.1. The number of benzene rings is 2. The fourth-order valence-electron chi connectivity index (χ4n) is 4.16. The monoisotopic (exact) mass is 464 g/mol. The SMILES string of the molecule is CC1=NN(Cc2ccc(F)cc2)c2nc3c(c(=O)n(Cc4ccc(F)cc4)c(=O)n3C)n2C1C. The van der Waals surface area contributed by atoms with Crippen LogP contribution >= 0.6 is 0 Å². The lowest BCUT2D eigenvalue weighted by Gasteiger charge is -2.29. The summed E-state index contributed by atoms with van der Waals surface area (Å²) in [6, 6.07) is 11.5. The number of nitrogens with zero attached hydrogens (tertiary/aromatic N) is 6. The van der Waals surface area contributed by atoms with Crippen LogP contribution in [0.3, 0.4) is 0 Å². The second-order valence-electron chi connectivity index (χ2n) is 8.41. The number of rotatable bonds is 4. The number of hydrogen-bond donors (Lipinski definition) is 0. The van der Waals surface area contributed by atoms with Crippen LogP contribution in [0.5, 0.6) is 0 Å². The number of imidazole rings is 1. The Morgan fingerprint density at radius 3 is 2.06 bits per heavy atom. The maximum atomic E-state index is 13.6. The van der Waals surface area contributed by atoms with Gasteiger partial charge < -0.3 is 0 Å². The molecule has 4 aromatic rings. The minimum absolute atomic E-state index is 0.00296. The Kier molecular flexibility index (Phi) is 5.15. The fraction of sp³-hybridized carbons (Fsp3) is 0.250. The molecule has 0 fully saturated rings. The van der Waals surface area contributed by atoms with E-state index in [0.29, 0.717) is 18.1 Å². The van der Waals surface area contributed by atoms with Gasteiger partial charge in [0.2, 0.25) is 5.95 Å². The third-order valence-electron chi connectivity index (χ3n) is 6.16. The normalized spacial score (nSPS) is 15.5. The molecule has 3 heterocycles. The van der Waals surface area contributed by atoms with Crippen molar-refractivity contribution >= 4 is 22.8 Å². The Hall–Kier alpha value is -4.08. The van der Waals surface area contributed by atoms with Crippen molar-refractivity contribution in [1.29, 1.82) is 0 Å². The first-order chi connectivity index (χ1) is 16.2. The van der Waals surface area contributed by atoms with Crippen LogP contribution < -0.4 is 16.3 Å². The molecule has 0 radical (unpaired) electrons. The Morgan fingerprint density at radius 2 is 1.47 bits per heavy atom. The minimum atomic E-state index is -0.521. The molecule has 1 aliphatic rings. The van der Waals surface area contributed by atoms with Gasteiger partial charge in [0, 0.05) is 7.05 Å². The summed E-state index contributed by atoms with van der Waals surface area (Å²) in [5.74, 6) is -0.308. The van der Waals surface area contributed by atoms with Crippen molar-refractivity contribution in [2.75, 3.05) is 5.01 Å². The largest absolute Gasteiger partial charge is 0.332 e. The van der Waals surface area contributed by atoms with E-state index < -0.39 is 17.1 Å². The van der Waals surface area contributed by atoms with Gasteiger partial charge in [0.05, 0.1) is 24.8 Å². The van der Waals surface area contributed by atoms with E-state index in [1.165, 1.54) is 28.8 Å². The molecule has 0 amide bonds. The highest BCUT2D eigenvalue weighted by Crippen LogP contribution is 2.30. The zero-order valence-electron chi connectivity index (χ0n) is 18.9. The third kappa shape index (κ3) is 3.51. The molecule has 5 rings (SSSR count). The molecular weight excluding hydrogens is 442 g/mol. The minimum Gasteiger partial charge on any atom is -0.294 e. The summed E-state index contributed by atoms with van der Waals surface area (Å²) >= 11 is 0. The molecule has 0 N–H and O–H groups in total. The Morgan fingerprint density at radius 1 is 0.912 bits per heavy atom. The van der Waals surface area contributed by atoms with Crippen molar-refractivity contribution < 1.29 is 8.78 Å². The molecule has 10 heteroatoms. The molecule has 8 nitrogen and oxygen atoms in total. The first-order valence-corrected chi connectivity index (χ1v) is 10.8. The molecule has 2 aromatic carbocycles. The Labute approximate surface area is 193 Å². The molecule has 0 spiro atoms. The second-order valence-corrected chi connectivity index (χ2v) is 8.41. The number of fused-ring (bicyclic) bond motifs is 3. The van der Waals surface area contributed by atoms with Crippen molar-refractivity contribution in [2.45, 2.75) is 33.0 Å². The summed E-state index contributed by atoms with van der Waals surface area (Å²) in [7, 11) is 1.56. The van der Waals surface area contributed by atoms with E-state index in [9.17, 15) is 18.4 Å². The number of halogens is 2. The molecule has 1 unspecified atom stereocenters. The van der Waals surface area contributed by atoms with Crippen LogP contribution in [-0.2, 0) is 20.1 Å². The van der Waals surface area contributed by atoms with Gasteiger partial charge in [-0.15, -0.1) is 0 Å². The van der Waals surface area contributed by atoms with E-state index in [2.05, 4.69) is 10.1 Å². The van der Waals surface area contributed by atoms with Crippen LogP contribution in [0.1, 0.15) is 31.0 Å². The number of hydrogen-bond acceptors (Lipinski definition) is 5. The Bertz CT molecular complexity index is 1550. The van der Waals surface area contributed by atoms with Crippen LogP contribution in [0, 0.1) is 11.6 Å². The molecule has 0 aliphatic carbocycles. The van der Waals surface area contributed by atoms with E-state index in [0.717, 1.165) is 15.8 Å². The third-order valence-corrected chi connectivity index (χ3v) is 6.16. The predicted octanol–water partition coefficient (Wildman–Crippen LogP) is 3.18. The van der Waals surface area contributed by atoms with Gasteiger partial charge in [-0.1, -0.05) is 24.3 Å². The van der Waals surface area contributed by atoms with Crippen LogP contribution in [-0.4, -0.2) is 24.4 Å². The summed E-state index contributed by atoms with van der Waals surface area (Å²) in [6.07, 6.45) is 0. The van der Waals surface area contributed by atoms with Crippen LogP contribution in [0.2, 0.25) is 0 Å². The van der Waals surface area contributed by atoms with E-state index in [1.54, 1.807) is 40.9 Å². The maximum absolute atomic E-state index is 13.6. The summed E-state index contributed by atoms with van der Waals surface area (Å²) in [6.45, 7) is 4.08. The average Bonchev–Trinajstić information content (AvgIpc) is 3.23. The quantitative estimate of drug-likeness (QED) is 0.465. The standard InChI is InChI=1S/C24H22F2N6O2/c1-14-15(2)32-20-21(27-23(32)31(28-14)13-17-6-10-19(26)11-7-17)29(3)24(34)30(22(20)33)12-16-4-8-18(25)9-5-16/h4-11,15H,12-13H2,1-3H3. The summed E-state index contributed by atoms with van der Waals surface area (Å²) in [5.41, 5.74) is 1.73. The van der Waals surface area contributed by atoms with Crippen molar-refractivity contribution in [2.24, 2.45) is 12.1 Å². The van der Waals surface area contributed by atoms with E-state index in [4.69, 9.17) is 0 Å². The van der Waals surface area contributed by atoms with Crippen LogP contribution in [0.15, 0.2) is 63.2 Å². The van der Waals surface area contributed by atoms with E-state index in [1.807, 2.05) is 13.8 Å². The van der Waals surface area contributed by atoms with E-state index >= 15 is 0 Å². The zero-order chi connectivity index (χ0) is 24.1. The first-order valence-electron chi connectivity index (χ1n) is 10.8. The molecule has 0 saturated carbocycles. The molecule has 0 bridgehead atoms. The lowest BCUT2D eigenvalue weighted by Crippen LogP contribution is -2.40. The summed E-state index contributed by atoms with van der Waals surface area (Å²) in [5, 5.41) is 6.29. The van der Waals surface area contributed by atoms with Crippen molar-refractivity contribution in [3.63, 3.8) is 0 Å². The van der Waals surface area contributed by atoms with Gasteiger partial charge in [-0.25, -0.2) is 18.6 Å². The van der Waals surface area contributed by atoms with Gasteiger partial charge in [0.25, 0.3) is 5.56 Å². The first kappa shape index (κ1) is 21.7. The fourth-order valence-corrected chi connectivity index (χ4v) is 4.16. The average molecular weight is 464 g/mol. The molecule has 2 aromatic heterocycles. The molecule has 1 atom stereocenters. The number of anilines is 1. The van der Waals surface area contributed by atoms with Crippen molar-refractivity contribution in [1.82, 2.24) is 18.7 Å². The number of aromatic nitrogens is 4. The van der Waals surface area contributed by atoms with Gasteiger partial charge in [-0.05, 0) is 49.2 Å². The van der Waals surface area contributed by atoms with Crippen molar-refractivity contribution in [3.8, 4) is 0 Å². The van der Waals surface area contributed by atoms with Gasteiger partial charge in [0.1, 0.15) is 11.6 Å². The molecular formula is C24H22F2N6O2. The predicted molar refractivity (Wildman–Crippen MR) is 125 cm³/mol. The van der Waals surface area contributed by atoms with Gasteiger partial charge in [-0.2, -0.15) is 10.1 Å². The Balaban J connectivity index is 1.67. The lowest BCUT2D eigenvalue weighted by molar-refractivity contribution is 0.618. The number of aryl methyl sites for hydroxylation is 1.